The highest BCUT2D eigenvalue weighted by atomic mass is 15.1. The van der Waals surface area contributed by atoms with Crippen LogP contribution >= 0.6 is 0 Å². The summed E-state index contributed by atoms with van der Waals surface area (Å²) in [6, 6.07) is 0. The lowest BCUT2D eigenvalue weighted by molar-refractivity contribution is 0.389. The van der Waals surface area contributed by atoms with Crippen LogP contribution in [0.2, 0.25) is 0 Å². The largest absolute Gasteiger partial charge is 0.383 e. The molecule has 3 N–H and O–H groups in total. The third kappa shape index (κ3) is 4.17. The molecule has 0 aliphatic heterocycles. The van der Waals surface area contributed by atoms with Gasteiger partial charge in [-0.3, -0.25) is 0 Å². The van der Waals surface area contributed by atoms with Crippen LogP contribution in [0.3, 0.4) is 0 Å². The molecule has 0 aliphatic carbocycles. The van der Waals surface area contributed by atoms with E-state index in [4.69, 9.17) is 5.73 Å². The molecule has 4 nitrogen and oxygen atoms in total. The van der Waals surface area contributed by atoms with E-state index in [0.29, 0.717) is 11.2 Å². The molecule has 0 spiro atoms. The Kier molecular flexibility index (Phi) is 4.54. The summed E-state index contributed by atoms with van der Waals surface area (Å²) in [4.78, 5) is 8.87. The number of hydrogen-bond donors (Lipinski definition) is 2. The molecule has 0 aromatic carbocycles. The number of nitrogen functional groups attached to an aromatic ring is 1. The smallest absolute Gasteiger partial charge is 0.135 e. The van der Waals surface area contributed by atoms with Crippen LogP contribution in [0.25, 0.3) is 0 Å². The highest BCUT2D eigenvalue weighted by Crippen LogP contribution is 2.22. The van der Waals surface area contributed by atoms with E-state index >= 15 is 0 Å². The van der Waals surface area contributed by atoms with E-state index in [2.05, 4.69) is 49.9 Å². The lowest BCUT2D eigenvalue weighted by Gasteiger charge is -2.19. The Balaban J connectivity index is 2.81. The molecule has 0 saturated heterocycles. The van der Waals surface area contributed by atoms with Crippen molar-refractivity contribution in [2.75, 3.05) is 17.6 Å². The lowest BCUT2D eigenvalue weighted by Crippen LogP contribution is -2.16. The van der Waals surface area contributed by atoms with E-state index in [0.717, 1.165) is 30.2 Å². The van der Waals surface area contributed by atoms with Crippen LogP contribution in [-0.4, -0.2) is 16.5 Å². The molecule has 0 unspecified atom stereocenters. The first-order chi connectivity index (χ1) is 8.20. The second-order valence-electron chi connectivity index (χ2n) is 6.33. The SMILES string of the molecule is Cc1c(N)nc(C(C)C)nc1NCCC(C)(C)C. The standard InChI is InChI=1S/C14H26N4/c1-9(2)12-17-11(15)10(3)13(18-12)16-8-7-14(4,5)6/h9H,7-8H2,1-6H3,(H3,15,16,17,18). The van der Waals surface area contributed by atoms with Gasteiger partial charge in [0.15, 0.2) is 0 Å². The van der Waals surface area contributed by atoms with Crippen LogP contribution in [0.1, 0.15) is 58.3 Å². The van der Waals surface area contributed by atoms with E-state index in [-0.39, 0.29) is 5.92 Å². The minimum absolute atomic E-state index is 0.288. The average Bonchev–Trinajstić information content (AvgIpc) is 2.21. The van der Waals surface area contributed by atoms with E-state index in [9.17, 15) is 0 Å². The second-order valence-corrected chi connectivity index (χ2v) is 6.33. The summed E-state index contributed by atoms with van der Waals surface area (Å²) in [6.45, 7) is 13.7. The van der Waals surface area contributed by atoms with E-state index in [1.807, 2.05) is 6.92 Å². The molecule has 1 aromatic rings. The topological polar surface area (TPSA) is 63.8 Å². The van der Waals surface area contributed by atoms with E-state index < -0.39 is 0 Å². The Morgan fingerprint density at radius 2 is 1.83 bits per heavy atom. The summed E-state index contributed by atoms with van der Waals surface area (Å²) < 4.78 is 0. The van der Waals surface area contributed by atoms with Crippen molar-refractivity contribution in [3.8, 4) is 0 Å². The maximum absolute atomic E-state index is 5.93. The molecule has 0 atom stereocenters. The summed E-state index contributed by atoms with van der Waals surface area (Å²) in [5.74, 6) is 2.54. The Morgan fingerprint density at radius 1 is 1.22 bits per heavy atom. The minimum atomic E-state index is 0.288. The van der Waals surface area contributed by atoms with Crippen LogP contribution in [-0.2, 0) is 0 Å². The highest BCUT2D eigenvalue weighted by molar-refractivity contribution is 5.54. The zero-order chi connectivity index (χ0) is 13.9. The van der Waals surface area contributed by atoms with Crippen molar-refractivity contribution in [2.24, 2.45) is 5.41 Å². The van der Waals surface area contributed by atoms with Gasteiger partial charge in [-0.15, -0.1) is 0 Å². The number of nitrogens with zero attached hydrogens (tertiary/aromatic N) is 2. The van der Waals surface area contributed by atoms with Crippen LogP contribution in [0.4, 0.5) is 11.6 Å². The first-order valence-electron chi connectivity index (χ1n) is 6.58. The van der Waals surface area contributed by atoms with Gasteiger partial charge in [-0.2, -0.15) is 0 Å². The quantitative estimate of drug-likeness (QED) is 0.860. The summed E-state index contributed by atoms with van der Waals surface area (Å²) in [5.41, 5.74) is 7.18. The number of anilines is 2. The van der Waals surface area contributed by atoms with E-state index in [1.165, 1.54) is 0 Å². The van der Waals surface area contributed by atoms with Crippen LogP contribution in [0.15, 0.2) is 0 Å². The molecule has 0 fully saturated rings. The van der Waals surface area contributed by atoms with Crippen LogP contribution < -0.4 is 11.1 Å². The summed E-state index contributed by atoms with van der Waals surface area (Å²) in [6.07, 6.45) is 1.09. The third-order valence-corrected chi connectivity index (χ3v) is 2.88. The number of nitrogens with one attached hydrogen (secondary N) is 1. The van der Waals surface area contributed by atoms with Gasteiger partial charge in [0.25, 0.3) is 0 Å². The molecule has 0 radical (unpaired) electrons. The number of hydrogen-bond acceptors (Lipinski definition) is 4. The maximum atomic E-state index is 5.93. The zero-order valence-electron chi connectivity index (χ0n) is 12.5. The molecule has 4 heteroatoms. The fourth-order valence-electron chi connectivity index (χ4n) is 1.54. The fourth-order valence-corrected chi connectivity index (χ4v) is 1.54. The average molecular weight is 250 g/mol. The first-order valence-corrected chi connectivity index (χ1v) is 6.58. The van der Waals surface area contributed by atoms with Crippen molar-refractivity contribution in [3.05, 3.63) is 11.4 Å². The molecule has 0 bridgehead atoms. The van der Waals surface area contributed by atoms with Gasteiger partial charge >= 0.3 is 0 Å². The van der Waals surface area contributed by atoms with Gasteiger partial charge in [0.2, 0.25) is 0 Å². The van der Waals surface area contributed by atoms with Crippen molar-refractivity contribution in [2.45, 2.75) is 53.9 Å². The first kappa shape index (κ1) is 14.7. The van der Waals surface area contributed by atoms with Gasteiger partial charge in [-0.25, -0.2) is 9.97 Å². The monoisotopic (exact) mass is 250 g/mol. The van der Waals surface area contributed by atoms with Gasteiger partial charge in [-0.05, 0) is 18.8 Å². The molecule has 1 rings (SSSR count). The highest BCUT2D eigenvalue weighted by Gasteiger charge is 2.13. The molecule has 1 aromatic heterocycles. The van der Waals surface area contributed by atoms with Crippen LogP contribution in [0.5, 0.6) is 0 Å². The van der Waals surface area contributed by atoms with Gasteiger partial charge < -0.3 is 11.1 Å². The van der Waals surface area contributed by atoms with Gasteiger partial charge in [-0.1, -0.05) is 34.6 Å². The molecular formula is C14H26N4. The molecule has 0 saturated carbocycles. The Hall–Kier alpha value is -1.32. The summed E-state index contributed by atoms with van der Waals surface area (Å²) in [5, 5.41) is 3.37. The van der Waals surface area contributed by atoms with Gasteiger partial charge in [0, 0.05) is 18.0 Å². The maximum Gasteiger partial charge on any atom is 0.135 e. The number of nitrogens with two attached hydrogens (primary N) is 1. The molecule has 102 valence electrons. The van der Waals surface area contributed by atoms with Crippen molar-refractivity contribution < 1.29 is 0 Å². The Morgan fingerprint density at radius 3 is 2.33 bits per heavy atom. The number of rotatable bonds is 4. The summed E-state index contributed by atoms with van der Waals surface area (Å²) >= 11 is 0. The number of aromatic nitrogens is 2. The van der Waals surface area contributed by atoms with Crippen molar-refractivity contribution in [1.29, 1.82) is 0 Å². The van der Waals surface area contributed by atoms with Gasteiger partial charge in [0.1, 0.15) is 17.5 Å². The zero-order valence-corrected chi connectivity index (χ0v) is 12.5. The Labute approximate surface area is 110 Å². The minimum Gasteiger partial charge on any atom is -0.383 e. The Bertz CT molecular complexity index is 405. The predicted molar refractivity (Wildman–Crippen MR) is 77.8 cm³/mol. The van der Waals surface area contributed by atoms with Crippen molar-refractivity contribution >= 4 is 11.6 Å². The summed E-state index contributed by atoms with van der Waals surface area (Å²) in [7, 11) is 0. The lowest BCUT2D eigenvalue weighted by atomic mass is 9.92. The second kappa shape index (κ2) is 5.55. The predicted octanol–water partition coefficient (Wildman–Crippen LogP) is 3.34. The fraction of sp³-hybridized carbons (Fsp3) is 0.714. The van der Waals surface area contributed by atoms with Crippen molar-refractivity contribution in [1.82, 2.24) is 9.97 Å². The molecule has 1 heterocycles. The normalized spacial score (nSPS) is 11.9. The van der Waals surface area contributed by atoms with E-state index in [1.54, 1.807) is 0 Å². The molecule has 0 amide bonds. The molecular weight excluding hydrogens is 224 g/mol. The molecule has 0 aliphatic rings. The van der Waals surface area contributed by atoms with Crippen LogP contribution in [0, 0.1) is 12.3 Å². The molecule has 18 heavy (non-hydrogen) atoms. The van der Waals surface area contributed by atoms with Crippen molar-refractivity contribution in [3.63, 3.8) is 0 Å². The third-order valence-electron chi connectivity index (χ3n) is 2.88. The van der Waals surface area contributed by atoms with Gasteiger partial charge in [0.05, 0.1) is 0 Å².